The Kier molecular flexibility index (Phi) is 10.6. The van der Waals surface area contributed by atoms with Crippen LogP contribution in [0.25, 0.3) is 0 Å². The van der Waals surface area contributed by atoms with Gasteiger partial charge in [0.05, 0.1) is 0 Å². The number of aliphatic hydroxyl groups is 1. The van der Waals surface area contributed by atoms with Crippen molar-refractivity contribution in [2.24, 2.45) is 0 Å². The van der Waals surface area contributed by atoms with Gasteiger partial charge in [-0.2, -0.15) is 0 Å². The summed E-state index contributed by atoms with van der Waals surface area (Å²) in [5.41, 5.74) is 0. The van der Waals surface area contributed by atoms with E-state index in [2.05, 4.69) is 0 Å². The summed E-state index contributed by atoms with van der Waals surface area (Å²) in [6.45, 7) is -0.729. The largest absolute Gasteiger partial charge is 1.00 e. The van der Waals surface area contributed by atoms with Gasteiger partial charge >= 0.3 is 29.6 Å². The second kappa shape index (κ2) is 6.88. The Hall–Kier alpha value is 0.880. The molecule has 0 aromatic heterocycles. The third-order valence-corrected chi connectivity index (χ3v) is 0.428. The van der Waals surface area contributed by atoms with Gasteiger partial charge in [0.1, 0.15) is 6.10 Å². The fourth-order valence-electron chi connectivity index (χ4n) is 0.0589. The van der Waals surface area contributed by atoms with Crippen molar-refractivity contribution in [3.63, 3.8) is 0 Å². The molecule has 4 heteroatoms. The molecule has 0 aliphatic carbocycles. The second-order valence-corrected chi connectivity index (χ2v) is 1.02. The normalized spacial score (nSPS) is 12.4. The van der Waals surface area contributed by atoms with Gasteiger partial charge in [0, 0.05) is 0 Å². The van der Waals surface area contributed by atoms with Crippen molar-refractivity contribution in [1.29, 1.82) is 0 Å². The summed E-state index contributed by atoms with van der Waals surface area (Å²) in [6, 6.07) is 0. The Morgan fingerprint density at radius 3 is 2.14 bits per heavy atom. The molecule has 0 aliphatic rings. The molecule has 0 heterocycles. The van der Waals surface area contributed by atoms with Crippen molar-refractivity contribution < 1.29 is 44.9 Å². The van der Waals surface area contributed by atoms with E-state index in [-0.39, 0.29) is 36.2 Å². The van der Waals surface area contributed by atoms with E-state index < -0.39 is 12.7 Å². The molecule has 38 valence electrons. The van der Waals surface area contributed by atoms with Crippen LogP contribution in [-0.4, -0.2) is 29.5 Å². The van der Waals surface area contributed by atoms with Gasteiger partial charge in [0.25, 0.3) is 0 Å². The Balaban J connectivity index is 0. The van der Waals surface area contributed by atoms with Crippen LogP contribution in [0.2, 0.25) is 0 Å². The van der Waals surface area contributed by atoms with Gasteiger partial charge in [-0.25, -0.2) is 0 Å². The SMILES string of the molecule is [Na+].[O-]CC(O)C[OH2+]. The van der Waals surface area contributed by atoms with Gasteiger partial charge in [-0.05, 0) is 0 Å². The molecule has 0 rings (SSSR count). The first-order valence-electron chi connectivity index (χ1n) is 1.72. The van der Waals surface area contributed by atoms with Crippen LogP contribution in [0.15, 0.2) is 0 Å². The van der Waals surface area contributed by atoms with Crippen LogP contribution < -0.4 is 34.7 Å². The zero-order chi connectivity index (χ0) is 4.99. The van der Waals surface area contributed by atoms with Crippen LogP contribution in [0.1, 0.15) is 0 Å². The number of hydrogen-bond donors (Lipinski definition) is 1. The summed E-state index contributed by atoms with van der Waals surface area (Å²) in [6.07, 6.45) is -0.954. The standard InChI is InChI=1S/C3H7O3.Na/c4-1-3(6)2-5;/h3-4,6H,1-2H2;/q-1;+1/p+1. The molecular weight excluding hydrogens is 107 g/mol. The molecule has 7 heavy (non-hydrogen) atoms. The fourth-order valence-corrected chi connectivity index (χ4v) is 0.0589. The predicted octanol–water partition coefficient (Wildman–Crippen LogP) is -5.56. The average Bonchev–Trinajstić information content (AvgIpc) is 1.65. The molecule has 0 amide bonds. The van der Waals surface area contributed by atoms with Crippen LogP contribution in [0.4, 0.5) is 0 Å². The zero-order valence-electron chi connectivity index (χ0n) is 4.35. The molecule has 0 aromatic carbocycles. The smallest absolute Gasteiger partial charge is 0.852 e. The minimum atomic E-state index is -0.954. The van der Waals surface area contributed by atoms with E-state index in [0.717, 1.165) is 0 Å². The van der Waals surface area contributed by atoms with Crippen LogP contribution in [0.3, 0.4) is 0 Å². The zero-order valence-corrected chi connectivity index (χ0v) is 6.35. The molecule has 3 nitrogen and oxygen atoms in total. The van der Waals surface area contributed by atoms with E-state index in [4.69, 9.17) is 10.2 Å². The number of rotatable bonds is 2. The molecule has 1 atom stereocenters. The molecule has 0 bridgehead atoms. The Morgan fingerprint density at radius 2 is 2.14 bits per heavy atom. The number of hydrogen-bond acceptors (Lipinski definition) is 2. The van der Waals surface area contributed by atoms with Crippen LogP contribution in [0.5, 0.6) is 0 Å². The summed E-state index contributed by atoms with van der Waals surface area (Å²) >= 11 is 0. The monoisotopic (exact) mass is 115 g/mol. The van der Waals surface area contributed by atoms with Crippen molar-refractivity contribution in [3.8, 4) is 0 Å². The molecular formula is C3H8NaO3+. The van der Waals surface area contributed by atoms with E-state index >= 15 is 0 Å². The Bertz CT molecular complexity index is 29.4. The van der Waals surface area contributed by atoms with Gasteiger partial charge < -0.3 is 15.3 Å². The van der Waals surface area contributed by atoms with Crippen LogP contribution in [-0.2, 0) is 0 Å². The van der Waals surface area contributed by atoms with Crippen LogP contribution >= 0.6 is 0 Å². The third kappa shape index (κ3) is 6.88. The van der Waals surface area contributed by atoms with E-state index in [0.29, 0.717) is 0 Å². The molecule has 0 saturated carbocycles. The summed E-state index contributed by atoms with van der Waals surface area (Å²) in [5, 5.41) is 24.0. The molecule has 0 spiro atoms. The number of aliphatic hydroxyl groups excluding tert-OH is 1. The van der Waals surface area contributed by atoms with Crippen molar-refractivity contribution in [2.75, 3.05) is 13.2 Å². The van der Waals surface area contributed by atoms with Crippen molar-refractivity contribution in [2.45, 2.75) is 6.10 Å². The molecule has 0 aromatic rings. The maximum Gasteiger partial charge on any atom is 1.00 e. The molecule has 1 unspecified atom stereocenters. The van der Waals surface area contributed by atoms with Crippen molar-refractivity contribution in [1.82, 2.24) is 0 Å². The predicted molar refractivity (Wildman–Crippen MR) is 19.4 cm³/mol. The minimum absolute atomic E-state index is 0. The third-order valence-electron chi connectivity index (χ3n) is 0.428. The van der Waals surface area contributed by atoms with Gasteiger partial charge in [-0.1, -0.05) is 0 Å². The van der Waals surface area contributed by atoms with E-state index in [9.17, 15) is 5.11 Å². The first-order chi connectivity index (χ1) is 2.81. The van der Waals surface area contributed by atoms with E-state index in [1.807, 2.05) is 0 Å². The minimum Gasteiger partial charge on any atom is -0.852 e. The van der Waals surface area contributed by atoms with Gasteiger partial charge in [-0.15, -0.1) is 6.61 Å². The van der Waals surface area contributed by atoms with Crippen LogP contribution in [0, 0.1) is 0 Å². The van der Waals surface area contributed by atoms with Gasteiger partial charge in [0.2, 0.25) is 0 Å². The second-order valence-electron chi connectivity index (χ2n) is 1.02. The molecule has 0 radical (unpaired) electrons. The summed E-state index contributed by atoms with van der Waals surface area (Å²) in [5.74, 6) is 0. The molecule has 3 N–H and O–H groups in total. The van der Waals surface area contributed by atoms with E-state index in [1.54, 1.807) is 0 Å². The summed E-state index contributed by atoms with van der Waals surface area (Å²) in [4.78, 5) is 0. The summed E-state index contributed by atoms with van der Waals surface area (Å²) in [7, 11) is 0. The topological polar surface area (TPSA) is 66.2 Å². The van der Waals surface area contributed by atoms with Gasteiger partial charge in [-0.3, -0.25) is 0 Å². The fraction of sp³-hybridized carbons (Fsp3) is 1.00. The molecule has 0 aliphatic heterocycles. The van der Waals surface area contributed by atoms with Gasteiger partial charge in [0.15, 0.2) is 6.61 Å². The Labute approximate surface area is 64.3 Å². The maximum atomic E-state index is 9.49. The van der Waals surface area contributed by atoms with Crippen molar-refractivity contribution >= 4 is 0 Å². The quantitative estimate of drug-likeness (QED) is 0.288. The first kappa shape index (κ1) is 10.8. The summed E-state index contributed by atoms with van der Waals surface area (Å²) < 4.78 is 0. The first-order valence-corrected chi connectivity index (χ1v) is 1.72. The van der Waals surface area contributed by atoms with Crippen molar-refractivity contribution in [3.05, 3.63) is 0 Å². The average molecular weight is 115 g/mol. The Morgan fingerprint density at radius 1 is 1.71 bits per heavy atom. The molecule has 0 saturated heterocycles. The van der Waals surface area contributed by atoms with E-state index in [1.165, 1.54) is 0 Å². The molecule has 0 fully saturated rings. The maximum absolute atomic E-state index is 9.49.